The molecule has 142 valence electrons. The molecule has 25 heavy (non-hydrogen) atoms. The summed E-state index contributed by atoms with van der Waals surface area (Å²) in [5, 5.41) is 2.94. The van der Waals surface area contributed by atoms with Crippen molar-refractivity contribution in [2.45, 2.75) is 76.2 Å². The zero-order chi connectivity index (χ0) is 18.7. The zero-order valence-electron chi connectivity index (χ0n) is 17.7. The summed E-state index contributed by atoms with van der Waals surface area (Å²) in [7, 11) is 0. The highest BCUT2D eigenvalue weighted by molar-refractivity contribution is 6.62. The molecule has 0 aromatic rings. The van der Waals surface area contributed by atoms with E-state index in [9.17, 15) is 0 Å². The van der Waals surface area contributed by atoms with Crippen molar-refractivity contribution in [1.29, 1.82) is 0 Å². The van der Waals surface area contributed by atoms with Gasteiger partial charge in [0.05, 0.1) is 0 Å². The Balaban J connectivity index is 3.29. The Bertz CT molecular complexity index is 439. The highest BCUT2D eigenvalue weighted by Crippen LogP contribution is 2.40. The lowest BCUT2D eigenvalue weighted by atomic mass is 9.96. The van der Waals surface area contributed by atoms with E-state index in [1.807, 2.05) is 0 Å². The van der Waals surface area contributed by atoms with Gasteiger partial charge in [0.2, 0.25) is 0 Å². The number of hydrogen-bond donors (Lipinski definition) is 0. The van der Waals surface area contributed by atoms with Gasteiger partial charge in [0.15, 0.2) is 0 Å². The lowest BCUT2D eigenvalue weighted by molar-refractivity contribution is 0.410. The minimum absolute atomic E-state index is 0.728. The van der Waals surface area contributed by atoms with Gasteiger partial charge in [-0.25, -0.2) is 0 Å². The Morgan fingerprint density at radius 3 is 1.88 bits per heavy atom. The fourth-order valence-electron chi connectivity index (χ4n) is 4.08. The van der Waals surface area contributed by atoms with E-state index >= 15 is 0 Å². The predicted octanol–water partition coefficient (Wildman–Crippen LogP) is 6.08. The highest BCUT2D eigenvalue weighted by Gasteiger charge is 2.33. The van der Waals surface area contributed by atoms with Gasteiger partial charge in [-0.2, -0.15) is 0 Å². The molecule has 0 aliphatic heterocycles. The molecule has 0 amide bonds. The monoisotopic (exact) mass is 360 g/mol. The van der Waals surface area contributed by atoms with Crippen molar-refractivity contribution in [1.82, 2.24) is 9.80 Å². The van der Waals surface area contributed by atoms with Crippen LogP contribution >= 0.6 is 0 Å². The Hall–Kier alpha value is -0.648. The van der Waals surface area contributed by atoms with E-state index in [1.54, 1.807) is 11.1 Å². The second-order valence-corrected chi connectivity index (χ2v) is 10.5. The quantitative estimate of drug-likeness (QED) is 0.412. The standard InChI is InChI=1S/C16H27N2.2C3H7.Al/c1-5-17(6-2)13-15-10-9-11-16(12-15)14-18(7-3)8-4;2*1-3-2;/h9-10,12-14H,5-8,11H2,1-4H3;2*1,3H2,2H3;. The molecule has 0 aromatic carbocycles. The van der Waals surface area contributed by atoms with Gasteiger partial charge in [-0.05, 0) is 50.7 Å². The molecule has 0 bridgehead atoms. The second kappa shape index (κ2) is 12.7. The van der Waals surface area contributed by atoms with Gasteiger partial charge >= 0.3 is 0 Å². The molecule has 0 spiro atoms. The minimum atomic E-state index is -0.834. The average Bonchev–Trinajstić information content (AvgIpc) is 2.64. The highest BCUT2D eigenvalue weighted by atomic mass is 27.2. The van der Waals surface area contributed by atoms with Crippen molar-refractivity contribution in [3.8, 4) is 0 Å². The van der Waals surface area contributed by atoms with Crippen LogP contribution in [0, 0.1) is 0 Å². The molecule has 0 N–H and O–H groups in total. The van der Waals surface area contributed by atoms with Crippen LogP contribution in [0.3, 0.4) is 0 Å². The van der Waals surface area contributed by atoms with E-state index in [0.29, 0.717) is 0 Å². The van der Waals surface area contributed by atoms with Crippen molar-refractivity contribution in [2.24, 2.45) is 0 Å². The van der Waals surface area contributed by atoms with E-state index < -0.39 is 14.1 Å². The van der Waals surface area contributed by atoms with Gasteiger partial charge in [-0.1, -0.05) is 55.0 Å². The van der Waals surface area contributed by atoms with Crippen LogP contribution < -0.4 is 0 Å². The maximum atomic E-state index is 2.51. The average molecular weight is 361 g/mol. The zero-order valence-corrected chi connectivity index (χ0v) is 18.9. The Labute approximate surface area is 162 Å². The smallest absolute Gasteiger partial charge is 0.277 e. The molecule has 1 aliphatic carbocycles. The van der Waals surface area contributed by atoms with Gasteiger partial charge in [0.1, 0.15) is 0 Å². The molecule has 1 aliphatic rings. The van der Waals surface area contributed by atoms with Crippen molar-refractivity contribution in [3.05, 3.63) is 35.7 Å². The van der Waals surface area contributed by atoms with Gasteiger partial charge in [-0.3, -0.25) is 0 Å². The molecular weight excluding hydrogens is 319 g/mol. The van der Waals surface area contributed by atoms with Crippen LogP contribution in [-0.4, -0.2) is 50.1 Å². The maximum Gasteiger partial charge on any atom is 0.277 e. The first-order chi connectivity index (χ1) is 12.1. The van der Waals surface area contributed by atoms with Crippen LogP contribution in [0.1, 0.15) is 60.8 Å². The van der Waals surface area contributed by atoms with Crippen LogP contribution in [0.2, 0.25) is 15.3 Å². The maximum absolute atomic E-state index is 2.51. The third kappa shape index (κ3) is 6.88. The molecule has 0 saturated carbocycles. The SMILES string of the molecule is CC[CH2][Al]([CH2]CC)[CH]1C(=CN(CC)CC)C=CCC1=CN(CC)CC. The molecule has 0 saturated heterocycles. The number of rotatable bonds is 11. The summed E-state index contributed by atoms with van der Waals surface area (Å²) < 4.78 is 0.728. The lowest BCUT2D eigenvalue weighted by Crippen LogP contribution is -2.28. The minimum Gasteiger partial charge on any atom is -0.378 e. The largest absolute Gasteiger partial charge is 0.378 e. The van der Waals surface area contributed by atoms with Gasteiger partial charge < -0.3 is 9.80 Å². The summed E-state index contributed by atoms with van der Waals surface area (Å²) in [6.07, 6.45) is 13.6. The normalized spacial score (nSPS) is 20.3. The molecule has 0 radical (unpaired) electrons. The van der Waals surface area contributed by atoms with Crippen LogP contribution in [0.5, 0.6) is 0 Å². The van der Waals surface area contributed by atoms with E-state index in [-0.39, 0.29) is 0 Å². The summed E-state index contributed by atoms with van der Waals surface area (Å²) in [4.78, 5) is 4.95. The van der Waals surface area contributed by atoms with Crippen LogP contribution in [0.4, 0.5) is 0 Å². The molecule has 1 atom stereocenters. The predicted molar refractivity (Wildman–Crippen MR) is 115 cm³/mol. The molecule has 1 rings (SSSR count). The third-order valence-electron chi connectivity index (χ3n) is 5.52. The van der Waals surface area contributed by atoms with Crippen molar-refractivity contribution < 1.29 is 0 Å². The number of nitrogens with zero attached hydrogens (tertiary/aromatic N) is 2. The van der Waals surface area contributed by atoms with Crippen molar-refractivity contribution in [3.63, 3.8) is 0 Å². The van der Waals surface area contributed by atoms with Crippen molar-refractivity contribution in [2.75, 3.05) is 26.2 Å². The first kappa shape index (κ1) is 22.4. The molecule has 2 nitrogen and oxygen atoms in total. The molecule has 3 heteroatoms. The van der Waals surface area contributed by atoms with Gasteiger partial charge in [-0.15, -0.1) is 0 Å². The van der Waals surface area contributed by atoms with Gasteiger partial charge in [0, 0.05) is 32.4 Å². The van der Waals surface area contributed by atoms with Gasteiger partial charge in [0.25, 0.3) is 14.1 Å². The fourth-order valence-corrected chi connectivity index (χ4v) is 8.09. The van der Waals surface area contributed by atoms with E-state index in [4.69, 9.17) is 0 Å². The number of allylic oxidation sites excluding steroid dienone is 4. The van der Waals surface area contributed by atoms with Crippen LogP contribution in [0.15, 0.2) is 35.7 Å². The second-order valence-electron chi connectivity index (χ2n) is 7.20. The first-order valence-electron chi connectivity index (χ1n) is 10.7. The lowest BCUT2D eigenvalue weighted by Gasteiger charge is -2.33. The molecular formula is C22H41AlN2. The summed E-state index contributed by atoms with van der Waals surface area (Å²) in [5.74, 6) is 0. The van der Waals surface area contributed by atoms with E-state index in [0.717, 1.165) is 37.4 Å². The van der Waals surface area contributed by atoms with E-state index in [2.05, 4.69) is 75.9 Å². The molecule has 0 fully saturated rings. The summed E-state index contributed by atoms with van der Waals surface area (Å²) in [6, 6.07) is 0. The first-order valence-corrected chi connectivity index (χ1v) is 13.0. The third-order valence-corrected chi connectivity index (χ3v) is 9.91. The van der Waals surface area contributed by atoms with Crippen LogP contribution in [-0.2, 0) is 0 Å². The molecule has 0 heterocycles. The Morgan fingerprint density at radius 2 is 1.40 bits per heavy atom. The molecule has 0 aromatic heterocycles. The topological polar surface area (TPSA) is 6.48 Å². The number of hydrogen-bond acceptors (Lipinski definition) is 2. The van der Waals surface area contributed by atoms with Crippen molar-refractivity contribution >= 4 is 14.1 Å². The fraction of sp³-hybridized carbons (Fsp3) is 0.727. The summed E-state index contributed by atoms with van der Waals surface area (Å²) >= 11 is -0.834. The summed E-state index contributed by atoms with van der Waals surface area (Å²) in [5.41, 5.74) is 3.27. The summed E-state index contributed by atoms with van der Waals surface area (Å²) in [6.45, 7) is 18.2. The Kier molecular flexibility index (Phi) is 11.3. The van der Waals surface area contributed by atoms with Crippen LogP contribution in [0.25, 0.3) is 0 Å². The molecule has 1 unspecified atom stereocenters. The Morgan fingerprint density at radius 1 is 0.880 bits per heavy atom. The van der Waals surface area contributed by atoms with E-state index in [1.165, 1.54) is 23.4 Å².